The molecule has 162 valence electrons. The lowest BCUT2D eigenvalue weighted by molar-refractivity contribution is 0.0558. The van der Waals surface area contributed by atoms with Gasteiger partial charge in [-0.15, -0.1) is 0 Å². The standard InChI is InChI=1S/C22H22FN3O5/c23-8-7-16(4-3-9-24-10-12-30-13-11-24)25-14-17(31-22(25)29)15-26-20(27)18-5-1-2-6-19(18)21(26)28/h1-9,17H,10-15H2/b8-7+,9-3+,16-4+/t17-/m1/s1. The second-order valence-electron chi connectivity index (χ2n) is 7.26. The van der Waals surface area contributed by atoms with E-state index in [0.717, 1.165) is 24.1 Å². The van der Waals surface area contributed by atoms with Crippen LogP contribution in [0.2, 0.25) is 0 Å². The van der Waals surface area contributed by atoms with Gasteiger partial charge < -0.3 is 14.4 Å². The first-order chi connectivity index (χ1) is 15.1. The molecule has 3 heterocycles. The number of hydrogen-bond acceptors (Lipinski definition) is 6. The average Bonchev–Trinajstić information content (AvgIpc) is 3.27. The van der Waals surface area contributed by atoms with Gasteiger partial charge in [-0.05, 0) is 36.6 Å². The minimum atomic E-state index is -0.714. The summed E-state index contributed by atoms with van der Waals surface area (Å²) in [7, 11) is 0. The number of ether oxygens (including phenoxy) is 2. The summed E-state index contributed by atoms with van der Waals surface area (Å²) in [5.74, 6) is -0.828. The van der Waals surface area contributed by atoms with Crippen LogP contribution in [0.15, 0.2) is 60.7 Å². The van der Waals surface area contributed by atoms with Crippen molar-refractivity contribution in [1.82, 2.24) is 14.7 Å². The molecule has 8 nitrogen and oxygen atoms in total. The monoisotopic (exact) mass is 427 g/mol. The first-order valence-corrected chi connectivity index (χ1v) is 9.99. The van der Waals surface area contributed by atoms with Crippen LogP contribution in [0.5, 0.6) is 0 Å². The molecule has 1 aromatic carbocycles. The Morgan fingerprint density at radius 2 is 1.77 bits per heavy atom. The van der Waals surface area contributed by atoms with Crippen molar-refractivity contribution < 1.29 is 28.2 Å². The van der Waals surface area contributed by atoms with Crippen molar-refractivity contribution in [3.8, 4) is 0 Å². The van der Waals surface area contributed by atoms with Gasteiger partial charge in [0.1, 0.15) is 6.10 Å². The van der Waals surface area contributed by atoms with Gasteiger partial charge in [-0.25, -0.2) is 9.18 Å². The lowest BCUT2D eigenvalue weighted by atomic mass is 10.1. The van der Waals surface area contributed by atoms with Gasteiger partial charge in [0.2, 0.25) is 0 Å². The number of benzene rings is 1. The average molecular weight is 427 g/mol. The van der Waals surface area contributed by atoms with Crippen molar-refractivity contribution in [2.45, 2.75) is 6.10 Å². The molecule has 1 atom stereocenters. The van der Waals surface area contributed by atoms with Gasteiger partial charge >= 0.3 is 6.09 Å². The van der Waals surface area contributed by atoms with Crippen LogP contribution in [0.3, 0.4) is 0 Å². The molecule has 0 radical (unpaired) electrons. The predicted molar refractivity (Wildman–Crippen MR) is 109 cm³/mol. The molecule has 0 N–H and O–H groups in total. The summed E-state index contributed by atoms with van der Waals surface area (Å²) in [5, 5.41) is 0. The van der Waals surface area contributed by atoms with Crippen LogP contribution in [0.25, 0.3) is 0 Å². The van der Waals surface area contributed by atoms with Gasteiger partial charge in [0.15, 0.2) is 0 Å². The van der Waals surface area contributed by atoms with E-state index in [9.17, 15) is 18.8 Å². The Balaban J connectivity index is 1.43. The van der Waals surface area contributed by atoms with Gasteiger partial charge in [-0.1, -0.05) is 12.1 Å². The van der Waals surface area contributed by atoms with Crippen molar-refractivity contribution in [1.29, 1.82) is 0 Å². The van der Waals surface area contributed by atoms with Crippen LogP contribution >= 0.6 is 0 Å². The number of imide groups is 1. The Morgan fingerprint density at radius 1 is 1.10 bits per heavy atom. The highest BCUT2D eigenvalue weighted by Gasteiger charge is 2.40. The number of nitrogens with zero attached hydrogens (tertiary/aromatic N) is 3. The molecule has 3 aliphatic heterocycles. The summed E-state index contributed by atoms with van der Waals surface area (Å²) >= 11 is 0. The molecule has 3 amide bonds. The minimum absolute atomic E-state index is 0.0647. The lowest BCUT2D eigenvalue weighted by Crippen LogP contribution is -2.38. The third kappa shape index (κ3) is 4.36. The zero-order valence-corrected chi connectivity index (χ0v) is 16.8. The highest BCUT2D eigenvalue weighted by Crippen LogP contribution is 2.25. The molecule has 31 heavy (non-hydrogen) atoms. The van der Waals surface area contributed by atoms with E-state index in [1.165, 1.54) is 4.90 Å². The van der Waals surface area contributed by atoms with E-state index in [4.69, 9.17) is 9.47 Å². The molecule has 9 heteroatoms. The van der Waals surface area contributed by atoms with Gasteiger partial charge in [0.05, 0.1) is 43.8 Å². The number of rotatable bonds is 6. The lowest BCUT2D eigenvalue weighted by Gasteiger charge is -2.24. The number of amides is 3. The highest BCUT2D eigenvalue weighted by molar-refractivity contribution is 6.21. The normalized spacial score (nSPS) is 22.2. The van der Waals surface area contributed by atoms with Gasteiger partial charge in [-0.3, -0.25) is 19.4 Å². The molecular weight excluding hydrogens is 405 g/mol. The second-order valence-corrected chi connectivity index (χ2v) is 7.26. The largest absolute Gasteiger partial charge is 0.442 e. The Bertz CT molecular complexity index is 933. The van der Waals surface area contributed by atoms with Crippen LogP contribution in [-0.4, -0.2) is 78.1 Å². The van der Waals surface area contributed by atoms with E-state index < -0.39 is 24.0 Å². The van der Waals surface area contributed by atoms with Crippen molar-refractivity contribution in [3.63, 3.8) is 0 Å². The van der Waals surface area contributed by atoms with Gasteiger partial charge in [0, 0.05) is 18.8 Å². The van der Waals surface area contributed by atoms with Crippen molar-refractivity contribution >= 4 is 17.9 Å². The maximum atomic E-state index is 12.9. The van der Waals surface area contributed by atoms with Crippen LogP contribution in [0, 0.1) is 0 Å². The fraction of sp³-hybridized carbons (Fsp3) is 0.318. The molecule has 0 aromatic heterocycles. The molecule has 0 aliphatic carbocycles. The molecular formula is C22H22FN3O5. The fourth-order valence-corrected chi connectivity index (χ4v) is 3.73. The zero-order chi connectivity index (χ0) is 21.8. The molecule has 2 saturated heterocycles. The molecule has 0 bridgehead atoms. The van der Waals surface area contributed by atoms with E-state index in [1.54, 1.807) is 36.4 Å². The molecule has 4 rings (SSSR count). The minimum Gasteiger partial charge on any atom is -0.442 e. The molecule has 2 fully saturated rings. The number of carbonyl (C=O) groups is 3. The maximum absolute atomic E-state index is 12.9. The van der Waals surface area contributed by atoms with E-state index in [-0.39, 0.29) is 13.1 Å². The number of morpholine rings is 1. The molecule has 0 unspecified atom stereocenters. The molecule has 3 aliphatic rings. The number of fused-ring (bicyclic) bond motifs is 1. The van der Waals surface area contributed by atoms with Crippen molar-refractivity contribution in [3.05, 3.63) is 71.8 Å². The van der Waals surface area contributed by atoms with Crippen LogP contribution in [0.1, 0.15) is 20.7 Å². The predicted octanol–water partition coefficient (Wildman–Crippen LogP) is 2.32. The highest BCUT2D eigenvalue weighted by atomic mass is 19.1. The molecule has 0 saturated carbocycles. The topological polar surface area (TPSA) is 79.4 Å². The third-order valence-corrected chi connectivity index (χ3v) is 5.29. The number of cyclic esters (lactones) is 1. The van der Waals surface area contributed by atoms with Crippen LogP contribution in [-0.2, 0) is 9.47 Å². The van der Waals surface area contributed by atoms with Crippen molar-refractivity contribution in [2.75, 3.05) is 39.4 Å². The summed E-state index contributed by atoms with van der Waals surface area (Å²) < 4.78 is 23.6. The second kappa shape index (κ2) is 9.13. The number of carbonyl (C=O) groups excluding carboxylic acids is 3. The Hall–Kier alpha value is -3.46. The number of halogens is 1. The SMILES string of the molecule is O=C1c2ccccc2C(=O)N1C[C@H]1CN(C(/C=C/F)=C/C=C/N2CCOCC2)C(=O)O1. The Kier molecular flexibility index (Phi) is 6.13. The Labute approximate surface area is 178 Å². The summed E-state index contributed by atoms with van der Waals surface area (Å²) in [4.78, 5) is 41.9. The first-order valence-electron chi connectivity index (χ1n) is 9.99. The Morgan fingerprint density at radius 3 is 2.42 bits per heavy atom. The van der Waals surface area contributed by atoms with Gasteiger partial charge in [0.25, 0.3) is 11.8 Å². The first kappa shape index (κ1) is 20.8. The smallest absolute Gasteiger partial charge is 0.414 e. The molecule has 0 spiro atoms. The third-order valence-electron chi connectivity index (χ3n) is 5.29. The van der Waals surface area contributed by atoms with E-state index >= 15 is 0 Å². The van der Waals surface area contributed by atoms with E-state index in [2.05, 4.69) is 4.90 Å². The quantitative estimate of drug-likeness (QED) is 0.512. The summed E-state index contributed by atoms with van der Waals surface area (Å²) in [6, 6.07) is 6.57. The van der Waals surface area contributed by atoms with E-state index in [0.29, 0.717) is 36.4 Å². The maximum Gasteiger partial charge on any atom is 0.414 e. The summed E-state index contributed by atoms with van der Waals surface area (Å²) in [5.41, 5.74) is 0.979. The number of hydrogen-bond donors (Lipinski definition) is 0. The summed E-state index contributed by atoms with van der Waals surface area (Å²) in [6.07, 6.45) is 5.32. The number of allylic oxidation sites excluding steroid dienone is 3. The summed E-state index contributed by atoms with van der Waals surface area (Å²) in [6.45, 7) is 2.82. The van der Waals surface area contributed by atoms with Gasteiger partial charge in [-0.2, -0.15) is 0 Å². The zero-order valence-electron chi connectivity index (χ0n) is 16.8. The van der Waals surface area contributed by atoms with Crippen LogP contribution in [0.4, 0.5) is 9.18 Å². The fourth-order valence-electron chi connectivity index (χ4n) is 3.73. The van der Waals surface area contributed by atoms with E-state index in [1.807, 2.05) is 6.20 Å². The van der Waals surface area contributed by atoms with Crippen molar-refractivity contribution in [2.24, 2.45) is 0 Å². The molecule has 1 aromatic rings. The van der Waals surface area contributed by atoms with Crippen LogP contribution < -0.4 is 0 Å².